The molecule has 2 aliphatic rings. The van der Waals surface area contributed by atoms with Crippen molar-refractivity contribution in [1.29, 1.82) is 0 Å². The third kappa shape index (κ3) is 4.23. The molecule has 24 heavy (non-hydrogen) atoms. The topological polar surface area (TPSA) is 32.8 Å². The van der Waals surface area contributed by atoms with E-state index in [1.807, 2.05) is 4.90 Å². The Morgan fingerprint density at radius 2 is 1.75 bits per heavy atom. The van der Waals surface area contributed by atoms with E-state index >= 15 is 0 Å². The van der Waals surface area contributed by atoms with Crippen molar-refractivity contribution in [2.45, 2.75) is 44.8 Å². The van der Waals surface area contributed by atoms with Gasteiger partial charge in [0.1, 0.15) is 5.75 Å². The number of likely N-dealkylation sites (tertiary alicyclic amines) is 2. The highest BCUT2D eigenvalue weighted by Crippen LogP contribution is 2.23. The minimum atomic E-state index is -2.85. The van der Waals surface area contributed by atoms with Crippen LogP contribution in [0.4, 0.5) is 8.78 Å². The lowest BCUT2D eigenvalue weighted by atomic mass is 10.00. The standard InChI is InChI=1S/C18H24F2N2O2/c19-18(20)24-16-8-6-14(7-9-16)17(23)22-12-2-1-5-15(22)13-21-10-3-4-11-21/h6-9,15,18H,1-5,10-13H2/t15-/m0/s1. The van der Waals surface area contributed by atoms with Gasteiger partial charge >= 0.3 is 6.61 Å². The number of carbonyl (C=O) groups is 1. The number of rotatable bonds is 5. The Bertz CT molecular complexity index is 544. The van der Waals surface area contributed by atoms with Gasteiger partial charge in [0.15, 0.2) is 0 Å². The minimum Gasteiger partial charge on any atom is -0.435 e. The van der Waals surface area contributed by atoms with Crippen molar-refractivity contribution in [1.82, 2.24) is 9.80 Å². The zero-order chi connectivity index (χ0) is 16.9. The molecule has 2 fully saturated rings. The summed E-state index contributed by atoms with van der Waals surface area (Å²) in [6, 6.07) is 6.25. The van der Waals surface area contributed by atoms with Gasteiger partial charge in [-0.05, 0) is 69.5 Å². The number of nitrogens with zero attached hydrogens (tertiary/aromatic N) is 2. The lowest BCUT2D eigenvalue weighted by Crippen LogP contribution is -2.49. The van der Waals surface area contributed by atoms with Crippen molar-refractivity contribution >= 4 is 5.91 Å². The van der Waals surface area contributed by atoms with Gasteiger partial charge in [-0.2, -0.15) is 8.78 Å². The average Bonchev–Trinajstić information content (AvgIpc) is 3.08. The maximum Gasteiger partial charge on any atom is 0.387 e. The fourth-order valence-electron chi connectivity index (χ4n) is 3.67. The molecule has 1 amide bonds. The van der Waals surface area contributed by atoms with Crippen LogP contribution in [-0.4, -0.2) is 54.5 Å². The van der Waals surface area contributed by atoms with E-state index in [1.165, 1.54) is 25.0 Å². The quantitative estimate of drug-likeness (QED) is 0.825. The molecule has 0 radical (unpaired) electrons. The number of halogens is 2. The molecule has 1 aromatic carbocycles. The van der Waals surface area contributed by atoms with E-state index < -0.39 is 6.61 Å². The van der Waals surface area contributed by atoms with E-state index in [-0.39, 0.29) is 17.7 Å². The lowest BCUT2D eigenvalue weighted by molar-refractivity contribution is -0.0498. The van der Waals surface area contributed by atoms with Crippen LogP contribution in [0, 0.1) is 0 Å². The fourth-order valence-corrected chi connectivity index (χ4v) is 3.67. The highest BCUT2D eigenvalue weighted by atomic mass is 19.3. The van der Waals surface area contributed by atoms with Crippen molar-refractivity contribution in [2.75, 3.05) is 26.2 Å². The van der Waals surface area contributed by atoms with Crippen LogP contribution in [0.15, 0.2) is 24.3 Å². The Balaban J connectivity index is 1.66. The Morgan fingerprint density at radius 1 is 1.08 bits per heavy atom. The maximum atomic E-state index is 12.8. The number of carbonyl (C=O) groups excluding carboxylic acids is 1. The van der Waals surface area contributed by atoms with Crippen molar-refractivity contribution in [3.8, 4) is 5.75 Å². The first kappa shape index (κ1) is 17.1. The SMILES string of the molecule is O=C(c1ccc(OC(F)F)cc1)N1CCCC[C@H]1CN1CCCC1. The molecule has 0 unspecified atom stereocenters. The van der Waals surface area contributed by atoms with Crippen LogP contribution in [0.3, 0.4) is 0 Å². The molecule has 132 valence electrons. The number of amides is 1. The van der Waals surface area contributed by atoms with Gasteiger partial charge in [-0.15, -0.1) is 0 Å². The first-order chi connectivity index (χ1) is 11.6. The molecule has 3 rings (SSSR count). The molecule has 0 saturated carbocycles. The summed E-state index contributed by atoms with van der Waals surface area (Å²) in [5.74, 6) is 0.0660. The van der Waals surface area contributed by atoms with E-state index in [0.29, 0.717) is 5.56 Å². The zero-order valence-electron chi connectivity index (χ0n) is 13.8. The molecule has 2 heterocycles. The second kappa shape index (κ2) is 7.92. The van der Waals surface area contributed by atoms with Crippen LogP contribution in [0.1, 0.15) is 42.5 Å². The van der Waals surface area contributed by atoms with Crippen molar-refractivity contribution in [2.24, 2.45) is 0 Å². The molecule has 1 aromatic rings. The Labute approximate surface area is 141 Å². The normalized spacial score (nSPS) is 22.1. The van der Waals surface area contributed by atoms with E-state index in [4.69, 9.17) is 0 Å². The number of hydrogen-bond acceptors (Lipinski definition) is 3. The predicted octanol–water partition coefficient (Wildman–Crippen LogP) is 3.38. The largest absolute Gasteiger partial charge is 0.435 e. The highest BCUT2D eigenvalue weighted by Gasteiger charge is 2.29. The number of alkyl halides is 2. The van der Waals surface area contributed by atoms with Gasteiger partial charge in [-0.3, -0.25) is 4.79 Å². The lowest BCUT2D eigenvalue weighted by Gasteiger charge is -2.38. The van der Waals surface area contributed by atoms with Crippen LogP contribution in [-0.2, 0) is 0 Å². The van der Waals surface area contributed by atoms with Crippen molar-refractivity contribution < 1.29 is 18.3 Å². The summed E-state index contributed by atoms with van der Waals surface area (Å²) in [4.78, 5) is 17.2. The third-order valence-corrected chi connectivity index (χ3v) is 4.88. The van der Waals surface area contributed by atoms with E-state index in [2.05, 4.69) is 9.64 Å². The number of hydrogen-bond donors (Lipinski definition) is 0. The summed E-state index contributed by atoms with van der Waals surface area (Å²) >= 11 is 0. The summed E-state index contributed by atoms with van der Waals surface area (Å²) in [6.07, 6.45) is 5.70. The molecule has 0 aliphatic carbocycles. The molecule has 0 bridgehead atoms. The van der Waals surface area contributed by atoms with Crippen LogP contribution in [0.25, 0.3) is 0 Å². The molecule has 4 nitrogen and oxygen atoms in total. The van der Waals surface area contributed by atoms with Crippen LogP contribution >= 0.6 is 0 Å². The van der Waals surface area contributed by atoms with Gasteiger partial charge in [-0.1, -0.05) is 0 Å². The molecular weight excluding hydrogens is 314 g/mol. The molecular formula is C18H24F2N2O2. The van der Waals surface area contributed by atoms with Crippen molar-refractivity contribution in [3.63, 3.8) is 0 Å². The zero-order valence-corrected chi connectivity index (χ0v) is 13.8. The van der Waals surface area contributed by atoms with Crippen molar-refractivity contribution in [3.05, 3.63) is 29.8 Å². The fraction of sp³-hybridized carbons (Fsp3) is 0.611. The summed E-state index contributed by atoms with van der Waals surface area (Å²) < 4.78 is 28.8. The van der Waals surface area contributed by atoms with Crippen LogP contribution < -0.4 is 4.74 Å². The molecule has 2 saturated heterocycles. The first-order valence-electron chi connectivity index (χ1n) is 8.71. The molecule has 6 heteroatoms. The van der Waals surface area contributed by atoms with Gasteiger partial charge in [0.25, 0.3) is 5.91 Å². The molecule has 0 spiro atoms. The Morgan fingerprint density at radius 3 is 2.42 bits per heavy atom. The Kier molecular flexibility index (Phi) is 5.66. The molecule has 0 aromatic heterocycles. The first-order valence-corrected chi connectivity index (χ1v) is 8.71. The molecule has 0 N–H and O–H groups in total. The maximum absolute atomic E-state index is 12.8. The van der Waals surface area contributed by atoms with E-state index in [1.54, 1.807) is 12.1 Å². The summed E-state index contributed by atoms with van der Waals surface area (Å²) in [6.45, 7) is 1.11. The van der Waals surface area contributed by atoms with E-state index in [9.17, 15) is 13.6 Å². The second-order valence-electron chi connectivity index (χ2n) is 6.56. The number of benzene rings is 1. The predicted molar refractivity (Wildman–Crippen MR) is 87.4 cm³/mol. The van der Waals surface area contributed by atoms with Crippen LogP contribution in [0.2, 0.25) is 0 Å². The smallest absolute Gasteiger partial charge is 0.387 e. The highest BCUT2D eigenvalue weighted by molar-refractivity contribution is 5.94. The summed E-state index contributed by atoms with van der Waals surface area (Å²) in [5, 5.41) is 0. The minimum absolute atomic E-state index is 0.0116. The third-order valence-electron chi connectivity index (χ3n) is 4.88. The number of ether oxygens (including phenoxy) is 1. The van der Waals surface area contributed by atoms with Gasteiger partial charge < -0.3 is 14.5 Å². The molecule has 2 aliphatic heterocycles. The van der Waals surface area contributed by atoms with Gasteiger partial charge in [-0.25, -0.2) is 0 Å². The Hall–Kier alpha value is -1.69. The summed E-state index contributed by atoms with van der Waals surface area (Å²) in [5.41, 5.74) is 0.532. The van der Waals surface area contributed by atoms with E-state index in [0.717, 1.165) is 45.4 Å². The van der Waals surface area contributed by atoms with Gasteiger partial charge in [0, 0.05) is 24.7 Å². The number of piperidine rings is 1. The second-order valence-corrected chi connectivity index (χ2v) is 6.56. The van der Waals surface area contributed by atoms with Crippen LogP contribution in [0.5, 0.6) is 5.75 Å². The average molecular weight is 338 g/mol. The summed E-state index contributed by atoms with van der Waals surface area (Å²) in [7, 11) is 0. The monoisotopic (exact) mass is 338 g/mol. The van der Waals surface area contributed by atoms with Gasteiger partial charge in [0.2, 0.25) is 0 Å². The van der Waals surface area contributed by atoms with Gasteiger partial charge in [0.05, 0.1) is 0 Å². The molecule has 1 atom stereocenters.